The number of oxime groups is 1. The van der Waals surface area contributed by atoms with Gasteiger partial charge in [0, 0.05) is 12.5 Å². The summed E-state index contributed by atoms with van der Waals surface area (Å²) in [5.41, 5.74) is 5.32. The molecule has 16 heavy (non-hydrogen) atoms. The largest absolute Gasteiger partial charge is 0.409 e. The van der Waals surface area contributed by atoms with Crippen molar-refractivity contribution < 1.29 is 19.5 Å². The Kier molecular flexibility index (Phi) is 5.00. The van der Waals surface area contributed by atoms with E-state index in [-0.39, 0.29) is 30.8 Å². The van der Waals surface area contributed by atoms with E-state index in [0.717, 1.165) is 0 Å². The van der Waals surface area contributed by atoms with E-state index >= 15 is 0 Å². The fraction of sp³-hybridized carbons (Fsp3) is 0.778. The summed E-state index contributed by atoms with van der Waals surface area (Å²) >= 11 is 0. The van der Waals surface area contributed by atoms with Crippen molar-refractivity contribution >= 4 is 11.7 Å². The Balaban J connectivity index is 2.32. The van der Waals surface area contributed by atoms with Gasteiger partial charge >= 0.3 is 0 Å². The van der Waals surface area contributed by atoms with Gasteiger partial charge in [0.1, 0.15) is 5.84 Å². The van der Waals surface area contributed by atoms with Crippen LogP contribution in [-0.2, 0) is 14.3 Å². The summed E-state index contributed by atoms with van der Waals surface area (Å²) in [6, 6.07) is -0.214. The van der Waals surface area contributed by atoms with Crippen LogP contribution in [0.1, 0.15) is 13.3 Å². The topological polar surface area (TPSA) is 106 Å². The van der Waals surface area contributed by atoms with Gasteiger partial charge in [-0.25, -0.2) is 0 Å². The number of hydrogen-bond acceptors (Lipinski definition) is 5. The van der Waals surface area contributed by atoms with Crippen LogP contribution in [0.5, 0.6) is 0 Å². The predicted octanol–water partition coefficient (Wildman–Crippen LogP) is -0.957. The molecule has 0 aromatic heterocycles. The Morgan fingerprint density at radius 1 is 1.69 bits per heavy atom. The predicted molar refractivity (Wildman–Crippen MR) is 56.2 cm³/mol. The molecule has 0 aliphatic carbocycles. The highest BCUT2D eigenvalue weighted by Crippen LogP contribution is 2.02. The molecule has 92 valence electrons. The highest BCUT2D eigenvalue weighted by atomic mass is 16.6. The molecule has 1 rings (SSSR count). The van der Waals surface area contributed by atoms with E-state index in [9.17, 15) is 4.79 Å². The molecule has 0 saturated carbocycles. The Labute approximate surface area is 93.6 Å². The molecule has 1 saturated heterocycles. The van der Waals surface area contributed by atoms with Crippen LogP contribution in [0.15, 0.2) is 5.16 Å². The molecule has 1 fully saturated rings. The summed E-state index contributed by atoms with van der Waals surface area (Å²) in [4.78, 5) is 11.6. The van der Waals surface area contributed by atoms with E-state index in [1.165, 1.54) is 0 Å². The van der Waals surface area contributed by atoms with Crippen molar-refractivity contribution in [3.8, 4) is 0 Å². The molecule has 7 nitrogen and oxygen atoms in total. The van der Waals surface area contributed by atoms with Gasteiger partial charge < -0.3 is 25.7 Å². The van der Waals surface area contributed by atoms with Crippen LogP contribution >= 0.6 is 0 Å². The molecule has 1 heterocycles. The monoisotopic (exact) mass is 231 g/mol. The van der Waals surface area contributed by atoms with Crippen molar-refractivity contribution in [1.29, 1.82) is 0 Å². The number of amides is 1. The second kappa shape index (κ2) is 6.29. The fourth-order valence-electron chi connectivity index (χ4n) is 1.38. The molecule has 1 amide bonds. The fourth-order valence-corrected chi connectivity index (χ4v) is 1.38. The number of carbonyl (C=O) groups excluding carboxylic acids is 1. The van der Waals surface area contributed by atoms with Crippen molar-refractivity contribution in [3.63, 3.8) is 0 Å². The first-order valence-corrected chi connectivity index (χ1v) is 5.09. The minimum Gasteiger partial charge on any atom is -0.409 e. The Morgan fingerprint density at radius 2 is 2.44 bits per heavy atom. The summed E-state index contributed by atoms with van der Waals surface area (Å²) in [6.45, 7) is 2.97. The summed E-state index contributed by atoms with van der Waals surface area (Å²) in [6.07, 6.45) is -0.279. The maximum atomic E-state index is 11.6. The van der Waals surface area contributed by atoms with Gasteiger partial charge in [0.05, 0.1) is 19.8 Å². The first-order chi connectivity index (χ1) is 7.63. The number of nitrogens with zero attached hydrogens (tertiary/aromatic N) is 1. The first kappa shape index (κ1) is 12.7. The molecule has 0 bridgehead atoms. The number of nitrogens with one attached hydrogen (secondary N) is 1. The van der Waals surface area contributed by atoms with Crippen LogP contribution < -0.4 is 11.1 Å². The highest BCUT2D eigenvalue weighted by molar-refractivity contribution is 5.83. The van der Waals surface area contributed by atoms with Crippen molar-refractivity contribution in [3.05, 3.63) is 0 Å². The van der Waals surface area contributed by atoms with Crippen molar-refractivity contribution in [2.45, 2.75) is 25.5 Å². The van der Waals surface area contributed by atoms with Gasteiger partial charge in [-0.15, -0.1) is 0 Å². The molecule has 2 atom stereocenters. The third-order valence-electron chi connectivity index (χ3n) is 2.14. The van der Waals surface area contributed by atoms with E-state index in [1.807, 2.05) is 0 Å². The molecule has 0 aromatic carbocycles. The standard InChI is InChI=1S/C9H17N3O4/c1-6(4-8(10)12-14)11-9(13)7-5-15-2-3-16-7/h6-7,14H,2-5H2,1H3,(H2,10,12)(H,11,13). The van der Waals surface area contributed by atoms with Crippen molar-refractivity contribution in [2.24, 2.45) is 10.9 Å². The number of hydrogen-bond donors (Lipinski definition) is 3. The molecule has 1 aliphatic heterocycles. The van der Waals surface area contributed by atoms with E-state index < -0.39 is 6.10 Å². The number of amidine groups is 1. The maximum Gasteiger partial charge on any atom is 0.251 e. The van der Waals surface area contributed by atoms with Crippen molar-refractivity contribution in [2.75, 3.05) is 19.8 Å². The molecule has 1 aliphatic rings. The molecule has 0 radical (unpaired) electrons. The molecule has 2 unspecified atom stereocenters. The van der Waals surface area contributed by atoms with Gasteiger partial charge in [0.2, 0.25) is 0 Å². The van der Waals surface area contributed by atoms with E-state index in [1.54, 1.807) is 6.92 Å². The summed E-state index contributed by atoms with van der Waals surface area (Å²) in [5, 5.41) is 13.9. The lowest BCUT2D eigenvalue weighted by Crippen LogP contribution is -2.46. The van der Waals surface area contributed by atoms with E-state index in [2.05, 4.69) is 10.5 Å². The lowest BCUT2D eigenvalue weighted by molar-refractivity contribution is -0.148. The van der Waals surface area contributed by atoms with Crippen LogP contribution in [0.2, 0.25) is 0 Å². The Morgan fingerprint density at radius 3 is 3.00 bits per heavy atom. The quantitative estimate of drug-likeness (QED) is 0.250. The number of nitrogens with two attached hydrogens (primary N) is 1. The number of ether oxygens (including phenoxy) is 2. The zero-order chi connectivity index (χ0) is 12.0. The lowest BCUT2D eigenvalue weighted by atomic mass is 10.2. The van der Waals surface area contributed by atoms with Gasteiger partial charge in [-0.1, -0.05) is 5.16 Å². The van der Waals surface area contributed by atoms with Crippen LogP contribution in [-0.4, -0.2) is 48.9 Å². The number of carbonyl (C=O) groups is 1. The molecule has 0 aromatic rings. The Hall–Kier alpha value is -1.34. The average Bonchev–Trinajstić information content (AvgIpc) is 2.29. The molecule has 4 N–H and O–H groups in total. The summed E-state index contributed by atoms with van der Waals surface area (Å²) in [5.74, 6) is -0.161. The molecular weight excluding hydrogens is 214 g/mol. The second-order valence-corrected chi connectivity index (χ2v) is 3.64. The third-order valence-corrected chi connectivity index (χ3v) is 2.14. The third kappa shape index (κ3) is 4.03. The van der Waals surface area contributed by atoms with Crippen LogP contribution in [0, 0.1) is 0 Å². The first-order valence-electron chi connectivity index (χ1n) is 5.09. The van der Waals surface area contributed by atoms with Gasteiger partial charge in [0.15, 0.2) is 6.10 Å². The minimum atomic E-state index is -0.566. The van der Waals surface area contributed by atoms with Gasteiger partial charge in [-0.05, 0) is 6.92 Å². The summed E-state index contributed by atoms with van der Waals surface area (Å²) in [7, 11) is 0. The van der Waals surface area contributed by atoms with E-state index in [0.29, 0.717) is 13.2 Å². The maximum absolute atomic E-state index is 11.6. The Bertz CT molecular complexity index is 263. The molecule has 0 spiro atoms. The van der Waals surface area contributed by atoms with Crippen LogP contribution in [0.25, 0.3) is 0 Å². The van der Waals surface area contributed by atoms with Crippen LogP contribution in [0.4, 0.5) is 0 Å². The van der Waals surface area contributed by atoms with Gasteiger partial charge in [-0.3, -0.25) is 4.79 Å². The van der Waals surface area contributed by atoms with Crippen molar-refractivity contribution in [1.82, 2.24) is 5.32 Å². The second-order valence-electron chi connectivity index (χ2n) is 3.64. The minimum absolute atomic E-state index is 0.0774. The van der Waals surface area contributed by atoms with Crippen LogP contribution in [0.3, 0.4) is 0 Å². The number of rotatable bonds is 4. The van der Waals surface area contributed by atoms with Gasteiger partial charge in [0.25, 0.3) is 5.91 Å². The normalized spacial score (nSPS) is 23.8. The SMILES string of the molecule is CC(CC(N)=NO)NC(=O)C1COCCO1. The average molecular weight is 231 g/mol. The molecule has 7 heteroatoms. The summed E-state index contributed by atoms with van der Waals surface area (Å²) < 4.78 is 10.3. The van der Waals surface area contributed by atoms with E-state index in [4.69, 9.17) is 20.4 Å². The smallest absolute Gasteiger partial charge is 0.251 e. The van der Waals surface area contributed by atoms with Gasteiger partial charge in [-0.2, -0.15) is 0 Å². The lowest BCUT2D eigenvalue weighted by Gasteiger charge is -2.23. The zero-order valence-corrected chi connectivity index (χ0v) is 9.18. The highest BCUT2D eigenvalue weighted by Gasteiger charge is 2.23. The molecular formula is C9H17N3O4. The zero-order valence-electron chi connectivity index (χ0n) is 9.18.